The Hall–Kier alpha value is -2.11. The molecular formula is C70H132O6. The van der Waals surface area contributed by atoms with Crippen LogP contribution < -0.4 is 0 Å². The molecule has 0 fully saturated rings. The topological polar surface area (TPSA) is 78.9 Å². The summed E-state index contributed by atoms with van der Waals surface area (Å²) in [6.07, 6.45) is 79.3. The molecule has 0 radical (unpaired) electrons. The first-order valence-electron chi connectivity index (χ1n) is 34.3. The molecule has 0 amide bonds. The molecule has 0 aliphatic heterocycles. The van der Waals surface area contributed by atoms with E-state index in [1.165, 1.54) is 283 Å². The van der Waals surface area contributed by atoms with Crippen molar-refractivity contribution in [1.82, 2.24) is 0 Å². The van der Waals surface area contributed by atoms with Crippen molar-refractivity contribution in [3.05, 3.63) is 24.3 Å². The highest BCUT2D eigenvalue weighted by molar-refractivity contribution is 5.71. The number of unbranched alkanes of at least 4 members (excludes halogenated alkanes) is 49. The molecule has 0 N–H and O–H groups in total. The van der Waals surface area contributed by atoms with Crippen molar-refractivity contribution in [2.45, 2.75) is 393 Å². The van der Waals surface area contributed by atoms with Crippen LogP contribution in [0.15, 0.2) is 24.3 Å². The SMILES string of the molecule is CCCCC/C=C\C/C=C\CCCCCCCCCCCC(=O)OC(COC(=O)CCCCCCCCCCCCC)COC(=O)CCCCCCCCCCCCCCCCCCCCCCCCCCCCCC. The van der Waals surface area contributed by atoms with Gasteiger partial charge in [-0.1, -0.05) is 340 Å². The van der Waals surface area contributed by atoms with E-state index in [1.807, 2.05) is 0 Å². The van der Waals surface area contributed by atoms with E-state index in [9.17, 15) is 14.4 Å². The minimum absolute atomic E-state index is 0.0668. The van der Waals surface area contributed by atoms with E-state index in [4.69, 9.17) is 14.2 Å². The molecule has 6 nitrogen and oxygen atoms in total. The second-order valence-corrected chi connectivity index (χ2v) is 23.5. The molecule has 0 aromatic carbocycles. The summed E-state index contributed by atoms with van der Waals surface area (Å²) in [5, 5.41) is 0. The second-order valence-electron chi connectivity index (χ2n) is 23.5. The third-order valence-electron chi connectivity index (χ3n) is 15.7. The Kier molecular flexibility index (Phi) is 63.6. The maximum absolute atomic E-state index is 12.9. The average Bonchev–Trinajstić information content (AvgIpc) is 3.42. The maximum atomic E-state index is 12.9. The highest BCUT2D eigenvalue weighted by Gasteiger charge is 2.19. The van der Waals surface area contributed by atoms with Gasteiger partial charge in [0.05, 0.1) is 0 Å². The van der Waals surface area contributed by atoms with Crippen LogP contribution in [0.2, 0.25) is 0 Å². The molecular weight excluding hydrogens is 937 g/mol. The van der Waals surface area contributed by atoms with Crippen LogP contribution in [-0.2, 0) is 28.6 Å². The Morgan fingerprint density at radius 2 is 0.474 bits per heavy atom. The van der Waals surface area contributed by atoms with Gasteiger partial charge >= 0.3 is 17.9 Å². The van der Waals surface area contributed by atoms with Crippen LogP contribution in [0, 0.1) is 0 Å². The molecule has 0 rings (SSSR count). The van der Waals surface area contributed by atoms with E-state index in [-0.39, 0.29) is 31.1 Å². The zero-order valence-electron chi connectivity index (χ0n) is 51.6. The molecule has 0 spiro atoms. The Labute approximate surface area is 474 Å². The minimum Gasteiger partial charge on any atom is -0.462 e. The lowest BCUT2D eigenvalue weighted by atomic mass is 10.0. The van der Waals surface area contributed by atoms with Crippen LogP contribution >= 0.6 is 0 Å². The van der Waals surface area contributed by atoms with E-state index < -0.39 is 6.10 Å². The van der Waals surface area contributed by atoms with E-state index >= 15 is 0 Å². The van der Waals surface area contributed by atoms with Crippen LogP contribution in [-0.4, -0.2) is 37.2 Å². The van der Waals surface area contributed by atoms with Crippen molar-refractivity contribution in [3.63, 3.8) is 0 Å². The molecule has 6 heteroatoms. The maximum Gasteiger partial charge on any atom is 0.306 e. The highest BCUT2D eigenvalue weighted by atomic mass is 16.6. The molecule has 0 bridgehead atoms. The fourth-order valence-corrected chi connectivity index (χ4v) is 10.5. The lowest BCUT2D eigenvalue weighted by Gasteiger charge is -2.18. The van der Waals surface area contributed by atoms with Gasteiger partial charge < -0.3 is 14.2 Å². The number of carbonyl (C=O) groups excluding carboxylic acids is 3. The van der Waals surface area contributed by atoms with Crippen molar-refractivity contribution in [2.24, 2.45) is 0 Å². The molecule has 0 saturated carbocycles. The first kappa shape index (κ1) is 73.9. The lowest BCUT2D eigenvalue weighted by molar-refractivity contribution is -0.167. The van der Waals surface area contributed by atoms with Gasteiger partial charge in [0.1, 0.15) is 13.2 Å². The summed E-state index contributed by atoms with van der Waals surface area (Å²) in [6, 6.07) is 0. The predicted octanol–water partition coefficient (Wildman–Crippen LogP) is 23.4. The molecule has 0 aromatic heterocycles. The van der Waals surface area contributed by atoms with Gasteiger partial charge in [0.2, 0.25) is 0 Å². The molecule has 0 heterocycles. The van der Waals surface area contributed by atoms with Crippen molar-refractivity contribution in [2.75, 3.05) is 13.2 Å². The van der Waals surface area contributed by atoms with Crippen molar-refractivity contribution < 1.29 is 28.6 Å². The number of allylic oxidation sites excluding steroid dienone is 4. The molecule has 0 aromatic rings. The largest absolute Gasteiger partial charge is 0.462 e. The van der Waals surface area contributed by atoms with Gasteiger partial charge in [0, 0.05) is 19.3 Å². The summed E-state index contributed by atoms with van der Waals surface area (Å²) in [7, 11) is 0. The summed E-state index contributed by atoms with van der Waals surface area (Å²) in [5.74, 6) is -0.843. The number of hydrogen-bond acceptors (Lipinski definition) is 6. The fraction of sp³-hybridized carbons (Fsp3) is 0.900. The summed E-state index contributed by atoms with van der Waals surface area (Å²) in [6.45, 7) is 6.68. The highest BCUT2D eigenvalue weighted by Crippen LogP contribution is 2.19. The third kappa shape index (κ3) is 62.7. The molecule has 1 atom stereocenters. The van der Waals surface area contributed by atoms with Crippen molar-refractivity contribution in [1.29, 1.82) is 0 Å². The first-order valence-corrected chi connectivity index (χ1v) is 34.3. The van der Waals surface area contributed by atoms with Gasteiger partial charge in [0.15, 0.2) is 6.10 Å². The minimum atomic E-state index is -0.769. The Balaban J connectivity index is 4.14. The van der Waals surface area contributed by atoms with Gasteiger partial charge in [0.25, 0.3) is 0 Å². The third-order valence-corrected chi connectivity index (χ3v) is 15.7. The lowest BCUT2D eigenvalue weighted by Crippen LogP contribution is -2.30. The van der Waals surface area contributed by atoms with E-state index in [0.717, 1.165) is 64.2 Å². The zero-order chi connectivity index (χ0) is 55.0. The van der Waals surface area contributed by atoms with E-state index in [1.54, 1.807) is 0 Å². The zero-order valence-corrected chi connectivity index (χ0v) is 51.6. The Morgan fingerprint density at radius 3 is 0.750 bits per heavy atom. The monoisotopic (exact) mass is 1070 g/mol. The van der Waals surface area contributed by atoms with Gasteiger partial charge in [-0.05, 0) is 51.4 Å². The first-order chi connectivity index (χ1) is 37.5. The molecule has 0 aliphatic carbocycles. The van der Waals surface area contributed by atoms with Crippen LogP contribution in [0.5, 0.6) is 0 Å². The van der Waals surface area contributed by atoms with E-state index in [0.29, 0.717) is 19.3 Å². The summed E-state index contributed by atoms with van der Waals surface area (Å²) >= 11 is 0. The number of ether oxygens (including phenoxy) is 3. The molecule has 0 aliphatic rings. The Bertz CT molecular complexity index is 1230. The summed E-state index contributed by atoms with van der Waals surface area (Å²) < 4.78 is 16.9. The predicted molar refractivity (Wildman–Crippen MR) is 330 cm³/mol. The number of esters is 3. The van der Waals surface area contributed by atoms with Gasteiger partial charge in [-0.15, -0.1) is 0 Å². The smallest absolute Gasteiger partial charge is 0.306 e. The number of hydrogen-bond donors (Lipinski definition) is 0. The van der Waals surface area contributed by atoms with Crippen LogP contribution in [0.1, 0.15) is 387 Å². The van der Waals surface area contributed by atoms with Gasteiger partial charge in [-0.3, -0.25) is 14.4 Å². The summed E-state index contributed by atoms with van der Waals surface area (Å²) in [4.78, 5) is 38.3. The normalized spacial score (nSPS) is 12.1. The standard InChI is InChI=1S/C70H132O6/c1-4-7-10-13-16-19-22-24-26-28-30-31-32-33-34-35-36-37-38-40-41-43-45-48-51-54-57-60-63-69(72)75-66-67(65-74-68(71)62-59-56-53-50-47-21-18-15-12-9-6-3)76-70(73)64-61-58-55-52-49-46-44-42-39-29-27-25-23-20-17-14-11-8-5-2/h17,20,25,27,67H,4-16,18-19,21-24,26,28-66H2,1-3H3/b20-17-,27-25-. The van der Waals surface area contributed by atoms with Crippen LogP contribution in [0.25, 0.3) is 0 Å². The van der Waals surface area contributed by atoms with Crippen LogP contribution in [0.4, 0.5) is 0 Å². The van der Waals surface area contributed by atoms with Crippen molar-refractivity contribution >= 4 is 17.9 Å². The number of rotatable bonds is 64. The second kappa shape index (κ2) is 65.4. The summed E-state index contributed by atoms with van der Waals surface area (Å²) in [5.41, 5.74) is 0. The van der Waals surface area contributed by atoms with Crippen LogP contribution in [0.3, 0.4) is 0 Å². The average molecular weight is 1070 g/mol. The van der Waals surface area contributed by atoms with E-state index in [2.05, 4.69) is 45.1 Å². The number of carbonyl (C=O) groups is 3. The molecule has 448 valence electrons. The molecule has 0 saturated heterocycles. The quantitative estimate of drug-likeness (QED) is 0.0261. The molecule has 1 unspecified atom stereocenters. The Morgan fingerprint density at radius 1 is 0.263 bits per heavy atom. The molecule has 76 heavy (non-hydrogen) atoms. The van der Waals surface area contributed by atoms with Gasteiger partial charge in [-0.25, -0.2) is 0 Å². The fourth-order valence-electron chi connectivity index (χ4n) is 10.5. The van der Waals surface area contributed by atoms with Crippen molar-refractivity contribution in [3.8, 4) is 0 Å². The van der Waals surface area contributed by atoms with Gasteiger partial charge in [-0.2, -0.15) is 0 Å².